The Bertz CT molecular complexity index is 1640. The van der Waals surface area contributed by atoms with Crippen molar-refractivity contribution in [2.24, 2.45) is 0 Å². The van der Waals surface area contributed by atoms with Crippen LogP contribution in [0.5, 0.6) is 0 Å². The number of benzene rings is 2. The monoisotopic (exact) mass is 539 g/mol. The van der Waals surface area contributed by atoms with Gasteiger partial charge in [-0.25, -0.2) is 19.3 Å². The maximum absolute atomic E-state index is 14.1. The third-order valence-electron chi connectivity index (χ3n) is 8.67. The maximum Gasteiger partial charge on any atom is 0.205 e. The van der Waals surface area contributed by atoms with Crippen molar-refractivity contribution in [1.82, 2.24) is 34.3 Å². The number of nitrogens with two attached hydrogens (primary N) is 1. The van der Waals surface area contributed by atoms with Gasteiger partial charge in [0, 0.05) is 55.7 Å². The summed E-state index contributed by atoms with van der Waals surface area (Å²) in [6.45, 7) is 4.66. The number of aromatic amines is 1. The Kier molecular flexibility index (Phi) is 6.36. The number of H-pyrrole nitrogens is 1. The van der Waals surface area contributed by atoms with E-state index >= 15 is 0 Å². The zero-order valence-corrected chi connectivity index (χ0v) is 22.6. The summed E-state index contributed by atoms with van der Waals surface area (Å²) < 4.78 is 16.4. The van der Waals surface area contributed by atoms with Crippen LogP contribution in [0.4, 0.5) is 21.8 Å². The van der Waals surface area contributed by atoms with Gasteiger partial charge in [-0.1, -0.05) is 18.2 Å². The predicted octanol–water partition coefficient (Wildman–Crippen LogP) is 5.17. The first kappa shape index (κ1) is 25.0. The Morgan fingerprint density at radius 1 is 0.950 bits per heavy atom. The van der Waals surface area contributed by atoms with Crippen molar-refractivity contribution in [2.75, 3.05) is 44.3 Å². The van der Waals surface area contributed by atoms with Gasteiger partial charge in [0.15, 0.2) is 5.82 Å². The molecule has 0 spiro atoms. The fraction of sp³-hybridized carbons (Fsp3) is 0.367. The highest BCUT2D eigenvalue weighted by atomic mass is 19.1. The van der Waals surface area contributed by atoms with Crippen LogP contribution in [0.2, 0.25) is 0 Å². The number of rotatable bonds is 5. The number of hydrogen-bond donors (Lipinski definition) is 3. The second-order valence-electron chi connectivity index (χ2n) is 11.1. The molecule has 0 amide bonds. The fourth-order valence-electron chi connectivity index (χ4n) is 6.42. The zero-order valence-electron chi connectivity index (χ0n) is 22.6. The molecule has 10 heteroatoms. The number of nitrogens with one attached hydrogen (secondary N) is 2. The standard InChI is InChI=1S/C30H34FN9/c1-38-13-15-39(16-14-38)21-9-11-22(12-10-21)40-17-23(26-28(32)33-18-34-29(26)40)19-5-7-20(8-6-19)35-30-36-25-4-2-3-24(31)27(25)37-30/h2-8,17-18,21-22H,9-16H2,1H3,(H2,32,33,34)(H2,35,36,37)/t21-,22+. The molecular formula is C30H34FN9. The second kappa shape index (κ2) is 10.2. The molecule has 3 aromatic heterocycles. The Hall–Kier alpha value is -4.02. The van der Waals surface area contributed by atoms with Gasteiger partial charge in [0.25, 0.3) is 0 Å². The van der Waals surface area contributed by atoms with Crippen LogP contribution in [0.3, 0.4) is 0 Å². The molecule has 0 bridgehead atoms. The van der Waals surface area contributed by atoms with Crippen LogP contribution in [0.15, 0.2) is 55.0 Å². The van der Waals surface area contributed by atoms with Gasteiger partial charge in [-0.3, -0.25) is 4.90 Å². The van der Waals surface area contributed by atoms with Gasteiger partial charge in [0.05, 0.1) is 10.9 Å². The highest BCUT2D eigenvalue weighted by molar-refractivity contribution is 6.00. The number of halogens is 1. The van der Waals surface area contributed by atoms with Gasteiger partial charge < -0.3 is 25.5 Å². The van der Waals surface area contributed by atoms with E-state index in [-0.39, 0.29) is 5.82 Å². The Labute approximate surface area is 232 Å². The van der Waals surface area contributed by atoms with Gasteiger partial charge in [-0.15, -0.1) is 0 Å². The number of imidazole rings is 1. The van der Waals surface area contributed by atoms with Crippen molar-refractivity contribution in [2.45, 2.75) is 37.8 Å². The van der Waals surface area contributed by atoms with Gasteiger partial charge in [0.2, 0.25) is 5.95 Å². The summed E-state index contributed by atoms with van der Waals surface area (Å²) in [6.07, 6.45) is 8.44. The number of anilines is 3. The number of piperazine rings is 1. The summed E-state index contributed by atoms with van der Waals surface area (Å²) in [5, 5.41) is 4.14. The molecule has 0 atom stereocenters. The van der Waals surface area contributed by atoms with Crippen molar-refractivity contribution in [3.05, 3.63) is 60.8 Å². The molecule has 9 nitrogen and oxygen atoms in total. The number of nitrogen functional groups attached to an aromatic ring is 1. The number of likely N-dealkylation sites (N-methyl/N-ethyl adjacent to an activating group) is 1. The normalized spacial score (nSPS) is 20.9. The first-order valence-corrected chi connectivity index (χ1v) is 14.1. The number of hydrogen-bond acceptors (Lipinski definition) is 7. The summed E-state index contributed by atoms with van der Waals surface area (Å²) in [5.41, 5.74) is 11.2. The van der Waals surface area contributed by atoms with E-state index in [1.54, 1.807) is 18.5 Å². The molecule has 4 heterocycles. The van der Waals surface area contributed by atoms with Crippen molar-refractivity contribution in [1.29, 1.82) is 0 Å². The number of nitrogens with zero attached hydrogens (tertiary/aromatic N) is 6. The molecule has 1 saturated carbocycles. The molecule has 2 aromatic carbocycles. The molecule has 4 N–H and O–H groups in total. The minimum absolute atomic E-state index is 0.322. The van der Waals surface area contributed by atoms with Crippen molar-refractivity contribution in [3.63, 3.8) is 0 Å². The Balaban J connectivity index is 1.12. The van der Waals surface area contributed by atoms with Gasteiger partial charge >= 0.3 is 0 Å². The number of para-hydroxylation sites is 1. The van der Waals surface area contributed by atoms with E-state index < -0.39 is 0 Å². The minimum atomic E-state index is -0.346. The van der Waals surface area contributed by atoms with Crippen LogP contribution in [0.1, 0.15) is 31.7 Å². The van der Waals surface area contributed by atoms with E-state index in [1.165, 1.54) is 32.0 Å². The molecular weight excluding hydrogens is 505 g/mol. The molecule has 2 aliphatic rings. The third-order valence-corrected chi connectivity index (χ3v) is 8.67. The average Bonchev–Trinajstić information content (AvgIpc) is 3.57. The number of fused-ring (bicyclic) bond motifs is 2. The van der Waals surface area contributed by atoms with E-state index in [4.69, 9.17) is 5.73 Å². The molecule has 40 heavy (non-hydrogen) atoms. The SMILES string of the molecule is CN1CCN([C@H]2CC[C@@H](n3cc(-c4ccc(Nc5nc6c(F)cccc6[nH]5)cc4)c4c(N)ncnc43)CC2)CC1. The summed E-state index contributed by atoms with van der Waals surface area (Å²) in [7, 11) is 2.21. The lowest BCUT2D eigenvalue weighted by molar-refractivity contribution is 0.0828. The van der Waals surface area contributed by atoms with Crippen LogP contribution < -0.4 is 11.1 Å². The molecule has 1 aliphatic carbocycles. The Morgan fingerprint density at radius 2 is 1.70 bits per heavy atom. The van der Waals surface area contributed by atoms with Crippen LogP contribution in [0.25, 0.3) is 33.2 Å². The lowest BCUT2D eigenvalue weighted by atomic mass is 9.89. The highest BCUT2D eigenvalue weighted by Crippen LogP contribution is 2.39. The van der Waals surface area contributed by atoms with Gasteiger partial charge in [0.1, 0.15) is 23.3 Å². The molecule has 0 radical (unpaired) electrons. The Morgan fingerprint density at radius 3 is 2.45 bits per heavy atom. The van der Waals surface area contributed by atoms with E-state index in [9.17, 15) is 4.39 Å². The first-order chi connectivity index (χ1) is 19.5. The average molecular weight is 540 g/mol. The molecule has 7 rings (SSSR count). The van der Waals surface area contributed by atoms with E-state index in [0.717, 1.165) is 53.8 Å². The topological polar surface area (TPSA) is 104 Å². The molecule has 206 valence electrons. The van der Waals surface area contributed by atoms with E-state index in [1.807, 2.05) is 12.1 Å². The van der Waals surface area contributed by atoms with Gasteiger partial charge in [-0.2, -0.15) is 0 Å². The summed E-state index contributed by atoms with van der Waals surface area (Å²) in [4.78, 5) is 21.6. The van der Waals surface area contributed by atoms with Crippen LogP contribution in [0, 0.1) is 5.82 Å². The van der Waals surface area contributed by atoms with E-state index in [0.29, 0.717) is 34.9 Å². The highest BCUT2D eigenvalue weighted by Gasteiger charge is 2.30. The summed E-state index contributed by atoms with van der Waals surface area (Å²) >= 11 is 0. The lowest BCUT2D eigenvalue weighted by Gasteiger charge is -2.41. The van der Waals surface area contributed by atoms with Crippen LogP contribution >= 0.6 is 0 Å². The van der Waals surface area contributed by atoms with E-state index in [2.05, 4.69) is 65.0 Å². The minimum Gasteiger partial charge on any atom is -0.383 e. The molecule has 5 aromatic rings. The number of aromatic nitrogens is 5. The third kappa shape index (κ3) is 4.56. The molecule has 1 saturated heterocycles. The van der Waals surface area contributed by atoms with Crippen molar-refractivity contribution >= 4 is 39.5 Å². The first-order valence-electron chi connectivity index (χ1n) is 14.1. The lowest BCUT2D eigenvalue weighted by Crippen LogP contribution is -2.49. The van der Waals surface area contributed by atoms with Crippen molar-refractivity contribution in [3.8, 4) is 11.1 Å². The largest absolute Gasteiger partial charge is 0.383 e. The van der Waals surface area contributed by atoms with Gasteiger partial charge in [-0.05, 0) is 62.6 Å². The van der Waals surface area contributed by atoms with Crippen LogP contribution in [-0.2, 0) is 0 Å². The summed E-state index contributed by atoms with van der Waals surface area (Å²) in [5.74, 6) is 0.645. The predicted molar refractivity (Wildman–Crippen MR) is 157 cm³/mol. The molecule has 2 fully saturated rings. The second-order valence-corrected chi connectivity index (χ2v) is 11.1. The zero-order chi connectivity index (χ0) is 27.2. The quantitative estimate of drug-likeness (QED) is 0.283. The maximum atomic E-state index is 14.1. The molecule has 0 unspecified atom stereocenters. The fourth-order valence-corrected chi connectivity index (χ4v) is 6.42. The van der Waals surface area contributed by atoms with Crippen LogP contribution in [-0.4, -0.2) is 73.6 Å². The smallest absolute Gasteiger partial charge is 0.205 e. The molecule has 1 aliphatic heterocycles. The van der Waals surface area contributed by atoms with Crippen molar-refractivity contribution < 1.29 is 4.39 Å². The summed E-state index contributed by atoms with van der Waals surface area (Å²) in [6, 6.07) is 14.0.